The summed E-state index contributed by atoms with van der Waals surface area (Å²) in [6.45, 7) is 1.56. The highest BCUT2D eigenvalue weighted by atomic mass is 16.7. The van der Waals surface area contributed by atoms with Gasteiger partial charge in [0.25, 0.3) is 5.91 Å². The number of ether oxygens (including phenoxy) is 1. The fourth-order valence-corrected chi connectivity index (χ4v) is 6.11. The quantitative estimate of drug-likeness (QED) is 0.632. The number of aromatic hydroxyl groups is 1. The number of rotatable bonds is 4. The van der Waals surface area contributed by atoms with Crippen LogP contribution in [0.5, 0.6) is 11.5 Å². The molecule has 6 rings (SSSR count). The minimum Gasteiger partial charge on any atom is -0.508 e. The van der Waals surface area contributed by atoms with Crippen molar-refractivity contribution in [2.24, 2.45) is 0 Å². The number of hydroxylamine groups is 2. The SMILES string of the molecule is CN1CC[C@@]23C=CCC[C@@H]2Oc2c(N(C(=O)O)[C@H]4CON(Cc5ccccc5O)C4=O)ccc(c23)C1. The smallest absolute Gasteiger partial charge is 0.412 e. The molecule has 0 bridgehead atoms. The van der Waals surface area contributed by atoms with E-state index in [1.54, 1.807) is 24.3 Å². The number of anilines is 1. The second kappa shape index (κ2) is 8.53. The largest absolute Gasteiger partial charge is 0.508 e. The number of hydrogen-bond acceptors (Lipinski definition) is 6. The summed E-state index contributed by atoms with van der Waals surface area (Å²) in [5.41, 5.74) is 2.78. The van der Waals surface area contributed by atoms with E-state index >= 15 is 0 Å². The molecule has 0 radical (unpaired) electrons. The van der Waals surface area contributed by atoms with Gasteiger partial charge in [-0.15, -0.1) is 0 Å². The average Bonchev–Trinajstić information content (AvgIpc) is 3.34. The number of phenols is 1. The van der Waals surface area contributed by atoms with Crippen molar-refractivity contribution in [1.82, 2.24) is 9.96 Å². The second-order valence-electron chi connectivity index (χ2n) is 10.0. The third kappa shape index (κ3) is 3.45. The molecule has 0 unspecified atom stereocenters. The van der Waals surface area contributed by atoms with E-state index in [1.165, 1.54) is 6.07 Å². The van der Waals surface area contributed by atoms with Crippen LogP contribution in [0.15, 0.2) is 48.6 Å². The highest BCUT2D eigenvalue weighted by Crippen LogP contribution is 2.56. The molecule has 2 aromatic carbocycles. The average molecular weight is 492 g/mol. The standard InChI is InChI=1S/C27H29N3O6/c1-28-13-12-27-11-5-4-8-22(27)36-24-19(10-9-18(14-28)23(24)27)30(26(33)34)20-16-35-29(25(20)32)15-17-6-2-3-7-21(17)31/h2-3,5-7,9-11,20,22,31H,4,8,12-16H2,1H3,(H,33,34)/t20-,22-,27-/m0/s1. The number of carbonyl (C=O) groups is 2. The minimum atomic E-state index is -1.24. The van der Waals surface area contributed by atoms with Crippen molar-refractivity contribution in [2.45, 2.75) is 49.9 Å². The van der Waals surface area contributed by atoms with E-state index in [9.17, 15) is 19.8 Å². The Hall–Kier alpha value is -3.56. The molecule has 9 heteroatoms. The van der Waals surface area contributed by atoms with E-state index in [0.29, 0.717) is 17.0 Å². The second-order valence-corrected chi connectivity index (χ2v) is 10.0. The number of carbonyl (C=O) groups excluding carboxylic acids is 1. The number of para-hydroxylation sites is 1. The Morgan fingerprint density at radius 3 is 2.89 bits per heavy atom. The molecular formula is C27H29N3O6. The van der Waals surface area contributed by atoms with Crippen LogP contribution >= 0.6 is 0 Å². The van der Waals surface area contributed by atoms with Gasteiger partial charge in [0.1, 0.15) is 30.3 Å². The summed E-state index contributed by atoms with van der Waals surface area (Å²) in [5, 5.41) is 21.5. The third-order valence-corrected chi connectivity index (χ3v) is 7.88. The Balaban J connectivity index is 1.38. The Kier molecular flexibility index (Phi) is 5.42. The van der Waals surface area contributed by atoms with Gasteiger partial charge in [0.2, 0.25) is 0 Å². The molecule has 4 aliphatic rings. The molecule has 1 saturated heterocycles. The van der Waals surface area contributed by atoms with Gasteiger partial charge in [-0.25, -0.2) is 9.86 Å². The lowest BCUT2D eigenvalue weighted by Gasteiger charge is -2.34. The Bertz CT molecular complexity index is 1260. The first kappa shape index (κ1) is 22.9. The van der Waals surface area contributed by atoms with Gasteiger partial charge >= 0.3 is 6.09 Å². The number of benzene rings is 2. The molecule has 2 amide bonds. The van der Waals surface area contributed by atoms with E-state index in [-0.39, 0.29) is 30.4 Å². The molecule has 3 heterocycles. The summed E-state index contributed by atoms with van der Waals surface area (Å²) >= 11 is 0. The van der Waals surface area contributed by atoms with Crippen molar-refractivity contribution < 1.29 is 29.4 Å². The molecular weight excluding hydrogens is 462 g/mol. The van der Waals surface area contributed by atoms with Crippen LogP contribution in [0.2, 0.25) is 0 Å². The monoisotopic (exact) mass is 491 g/mol. The number of carboxylic acid groups (broad SMARTS) is 1. The van der Waals surface area contributed by atoms with E-state index in [0.717, 1.165) is 53.4 Å². The van der Waals surface area contributed by atoms with Crippen LogP contribution in [0, 0.1) is 0 Å². The molecule has 0 aromatic heterocycles. The van der Waals surface area contributed by atoms with Crippen LogP contribution in [0.4, 0.5) is 10.5 Å². The number of hydrogen-bond donors (Lipinski definition) is 2. The molecule has 2 N–H and O–H groups in total. The van der Waals surface area contributed by atoms with Gasteiger partial charge in [0.15, 0.2) is 0 Å². The third-order valence-electron chi connectivity index (χ3n) is 7.88. The molecule has 1 fully saturated rings. The molecule has 9 nitrogen and oxygen atoms in total. The first-order valence-corrected chi connectivity index (χ1v) is 12.3. The van der Waals surface area contributed by atoms with Crippen molar-refractivity contribution in [3.05, 3.63) is 65.2 Å². The fraction of sp³-hybridized carbons (Fsp3) is 0.407. The number of amides is 2. The van der Waals surface area contributed by atoms with Gasteiger partial charge in [-0.3, -0.25) is 14.5 Å². The summed E-state index contributed by atoms with van der Waals surface area (Å²) in [5.74, 6) is 0.131. The molecule has 188 valence electrons. The zero-order valence-electron chi connectivity index (χ0n) is 20.1. The van der Waals surface area contributed by atoms with Crippen molar-refractivity contribution in [1.29, 1.82) is 0 Å². The Labute approximate surface area is 209 Å². The molecule has 0 saturated carbocycles. The molecule has 36 heavy (non-hydrogen) atoms. The molecule has 3 atom stereocenters. The van der Waals surface area contributed by atoms with Crippen molar-refractivity contribution >= 4 is 17.7 Å². The van der Waals surface area contributed by atoms with E-state index in [1.807, 2.05) is 6.07 Å². The lowest BCUT2D eigenvalue weighted by molar-refractivity contribution is -0.164. The molecule has 1 aliphatic carbocycles. The summed E-state index contributed by atoms with van der Waals surface area (Å²) in [7, 11) is 2.09. The number of phenolic OH excluding ortho intramolecular Hbond substituents is 1. The number of allylic oxidation sites excluding steroid dienone is 1. The van der Waals surface area contributed by atoms with Gasteiger partial charge in [0, 0.05) is 17.7 Å². The summed E-state index contributed by atoms with van der Waals surface area (Å²) in [6, 6.07) is 9.35. The maximum atomic E-state index is 13.3. The first-order valence-electron chi connectivity index (χ1n) is 12.3. The molecule has 2 aromatic rings. The molecule has 3 aliphatic heterocycles. The van der Waals surface area contributed by atoms with Crippen LogP contribution in [0.25, 0.3) is 0 Å². The van der Waals surface area contributed by atoms with E-state index in [2.05, 4.69) is 24.1 Å². The minimum absolute atomic E-state index is 0.0192. The predicted molar refractivity (Wildman–Crippen MR) is 131 cm³/mol. The highest BCUT2D eigenvalue weighted by Gasteiger charge is 2.52. The van der Waals surface area contributed by atoms with Gasteiger partial charge < -0.3 is 19.8 Å². The van der Waals surface area contributed by atoms with Crippen molar-refractivity contribution in [2.75, 3.05) is 25.1 Å². The van der Waals surface area contributed by atoms with Crippen LogP contribution in [0.1, 0.15) is 36.0 Å². The van der Waals surface area contributed by atoms with Gasteiger partial charge in [0.05, 0.1) is 17.6 Å². The summed E-state index contributed by atoms with van der Waals surface area (Å²) in [6.07, 6.45) is 5.82. The van der Waals surface area contributed by atoms with Gasteiger partial charge in [-0.1, -0.05) is 36.4 Å². The lowest BCUT2D eigenvalue weighted by Crippen LogP contribution is -2.46. The highest BCUT2D eigenvalue weighted by molar-refractivity contribution is 5.99. The zero-order chi connectivity index (χ0) is 25.0. The Morgan fingerprint density at radius 2 is 2.08 bits per heavy atom. The van der Waals surface area contributed by atoms with Crippen LogP contribution in [-0.2, 0) is 28.1 Å². The number of nitrogens with zero attached hydrogens (tertiary/aromatic N) is 3. The normalized spacial score (nSPS) is 26.8. The van der Waals surface area contributed by atoms with Crippen LogP contribution in [-0.4, -0.2) is 64.5 Å². The summed E-state index contributed by atoms with van der Waals surface area (Å²) in [4.78, 5) is 35.0. The fourth-order valence-electron chi connectivity index (χ4n) is 6.11. The summed E-state index contributed by atoms with van der Waals surface area (Å²) < 4.78 is 6.54. The van der Waals surface area contributed by atoms with E-state index in [4.69, 9.17) is 9.57 Å². The van der Waals surface area contributed by atoms with Gasteiger partial charge in [-0.2, -0.15) is 0 Å². The van der Waals surface area contributed by atoms with Gasteiger partial charge in [-0.05, 0) is 50.6 Å². The maximum Gasteiger partial charge on any atom is 0.412 e. The Morgan fingerprint density at radius 1 is 1.25 bits per heavy atom. The molecule has 1 spiro atoms. The lowest BCUT2D eigenvalue weighted by atomic mass is 9.69. The zero-order valence-corrected chi connectivity index (χ0v) is 20.1. The maximum absolute atomic E-state index is 13.3. The van der Waals surface area contributed by atoms with Crippen LogP contribution in [0.3, 0.4) is 0 Å². The van der Waals surface area contributed by atoms with Crippen molar-refractivity contribution in [3.8, 4) is 11.5 Å². The predicted octanol–water partition coefficient (Wildman–Crippen LogP) is 3.40. The van der Waals surface area contributed by atoms with E-state index < -0.39 is 18.0 Å². The van der Waals surface area contributed by atoms with Crippen molar-refractivity contribution in [3.63, 3.8) is 0 Å². The topological polar surface area (TPSA) is 103 Å². The van der Waals surface area contributed by atoms with Crippen LogP contribution < -0.4 is 9.64 Å². The first-order chi connectivity index (χ1) is 17.4.